The number of anilines is 3. The topological polar surface area (TPSA) is 3.24 Å². The van der Waals surface area contributed by atoms with Gasteiger partial charge in [0.05, 0.1) is 17.1 Å². The lowest BCUT2D eigenvalue weighted by Crippen LogP contribution is -2.44. The Hall–Kier alpha value is -4.10. The van der Waals surface area contributed by atoms with Gasteiger partial charge in [0.2, 0.25) is 0 Å². The first kappa shape index (κ1) is 34.0. The van der Waals surface area contributed by atoms with Crippen LogP contribution in [0, 0.1) is 0 Å². The number of rotatable bonds is 4. The molecule has 0 amide bonds. The largest absolute Gasteiger partial charge is 0.309 e. The van der Waals surface area contributed by atoms with Crippen LogP contribution < -0.4 is 4.90 Å². The van der Waals surface area contributed by atoms with Crippen LogP contribution >= 0.6 is 0 Å². The van der Waals surface area contributed by atoms with Crippen LogP contribution in [0.5, 0.6) is 0 Å². The maximum Gasteiger partial charge on any atom is 0.0544 e. The molecule has 1 heteroatoms. The van der Waals surface area contributed by atoms with Gasteiger partial charge in [0.25, 0.3) is 0 Å². The monoisotopic (exact) mass is 671 g/mol. The molecule has 0 fully saturated rings. The lowest BCUT2D eigenvalue weighted by molar-refractivity contribution is 0.542. The number of nitrogens with zero attached hydrogens (tertiary/aromatic N) is 1. The van der Waals surface area contributed by atoms with Crippen LogP contribution in [0.15, 0.2) is 84.9 Å². The highest BCUT2D eigenvalue weighted by molar-refractivity contribution is 5.99. The average molecular weight is 672 g/mol. The summed E-state index contributed by atoms with van der Waals surface area (Å²) in [5, 5.41) is 0. The zero-order chi connectivity index (χ0) is 36.6. The minimum Gasteiger partial charge on any atom is -0.309 e. The van der Waals surface area contributed by atoms with Crippen LogP contribution in [0.3, 0.4) is 0 Å². The van der Waals surface area contributed by atoms with E-state index in [-0.39, 0.29) is 27.1 Å². The van der Waals surface area contributed by atoms with Gasteiger partial charge in [-0.25, -0.2) is 0 Å². The van der Waals surface area contributed by atoms with Gasteiger partial charge in [-0.3, -0.25) is 0 Å². The fraction of sp³-hybridized carbons (Fsp3) is 0.400. The van der Waals surface area contributed by atoms with Crippen LogP contribution in [0.4, 0.5) is 17.1 Å². The minimum atomic E-state index is -0.186. The summed E-state index contributed by atoms with van der Waals surface area (Å²) in [6.45, 7) is 31.3. The molecular formula is C50H57N. The van der Waals surface area contributed by atoms with E-state index in [2.05, 4.69) is 180 Å². The normalized spacial score (nSPS) is 17.3. The molecule has 1 nitrogen and oxygen atoms in total. The SMILES string of the molecule is CCCc1ccc(-c2ccc(-c3cc4c5c(c3)C(C)(C)c3cc(C(C)(C)C)cc6c3N5c3c(cc(C(C)(C)C)cc3C6(C)C)C4(C)C)cc2)cc1. The van der Waals surface area contributed by atoms with Gasteiger partial charge in [0.1, 0.15) is 0 Å². The first-order chi connectivity index (χ1) is 23.8. The summed E-state index contributed by atoms with van der Waals surface area (Å²) in [5.41, 5.74) is 21.8. The van der Waals surface area contributed by atoms with Crippen molar-refractivity contribution in [1.29, 1.82) is 0 Å². The Morgan fingerprint density at radius 2 is 0.725 bits per heavy atom. The molecular weight excluding hydrogens is 615 g/mol. The van der Waals surface area contributed by atoms with Crippen molar-refractivity contribution in [1.82, 2.24) is 0 Å². The highest BCUT2D eigenvalue weighted by Crippen LogP contribution is 2.67. The quantitative estimate of drug-likeness (QED) is 0.184. The van der Waals surface area contributed by atoms with Gasteiger partial charge in [-0.05, 0) is 102 Å². The van der Waals surface area contributed by atoms with Crippen molar-refractivity contribution in [3.05, 3.63) is 135 Å². The molecule has 5 aromatic rings. The molecule has 3 aliphatic rings. The minimum absolute atomic E-state index is 0.0334. The van der Waals surface area contributed by atoms with Crippen LogP contribution in [0.25, 0.3) is 22.3 Å². The Morgan fingerprint density at radius 3 is 1.04 bits per heavy atom. The van der Waals surface area contributed by atoms with Crippen molar-refractivity contribution < 1.29 is 0 Å². The highest BCUT2D eigenvalue weighted by atomic mass is 15.2. The first-order valence-corrected chi connectivity index (χ1v) is 19.3. The van der Waals surface area contributed by atoms with Gasteiger partial charge in [-0.1, -0.05) is 169 Å². The summed E-state index contributed by atoms with van der Waals surface area (Å²) in [5.74, 6) is 0. The van der Waals surface area contributed by atoms with Crippen molar-refractivity contribution in [3.63, 3.8) is 0 Å². The lowest BCUT2D eigenvalue weighted by Gasteiger charge is -2.55. The fourth-order valence-corrected chi connectivity index (χ4v) is 9.30. The number of hydrogen-bond acceptors (Lipinski definition) is 1. The zero-order valence-electron chi connectivity index (χ0n) is 33.4. The van der Waals surface area contributed by atoms with E-state index in [1.807, 2.05) is 0 Å². The molecule has 0 bridgehead atoms. The summed E-state index contributed by atoms with van der Waals surface area (Å²) in [6, 6.07) is 33.7. The van der Waals surface area contributed by atoms with E-state index in [1.54, 1.807) is 0 Å². The van der Waals surface area contributed by atoms with Crippen molar-refractivity contribution in [3.8, 4) is 22.3 Å². The second-order valence-corrected chi connectivity index (χ2v) is 19.5. The molecule has 0 atom stereocenters. The lowest BCUT2D eigenvalue weighted by atomic mass is 9.59. The van der Waals surface area contributed by atoms with E-state index in [0.717, 1.165) is 6.42 Å². The molecule has 51 heavy (non-hydrogen) atoms. The zero-order valence-corrected chi connectivity index (χ0v) is 33.4. The fourth-order valence-electron chi connectivity index (χ4n) is 9.30. The number of hydrogen-bond donors (Lipinski definition) is 0. The molecule has 3 heterocycles. The maximum atomic E-state index is 2.72. The Labute approximate surface area is 308 Å². The smallest absolute Gasteiger partial charge is 0.0544 e. The number of benzene rings is 5. The van der Waals surface area contributed by atoms with E-state index in [4.69, 9.17) is 0 Å². The number of aryl methyl sites for hydroxylation is 1. The molecule has 0 saturated heterocycles. The second-order valence-electron chi connectivity index (χ2n) is 19.5. The van der Waals surface area contributed by atoms with Gasteiger partial charge in [0.15, 0.2) is 0 Å². The Balaban J connectivity index is 1.40. The summed E-state index contributed by atoms with van der Waals surface area (Å²) in [4.78, 5) is 2.72. The molecule has 262 valence electrons. The van der Waals surface area contributed by atoms with Gasteiger partial charge in [-0.15, -0.1) is 0 Å². The Kier molecular flexibility index (Phi) is 7.15. The molecule has 5 aromatic carbocycles. The summed E-state index contributed by atoms with van der Waals surface area (Å²) >= 11 is 0. The third-order valence-corrected chi connectivity index (χ3v) is 12.8. The van der Waals surface area contributed by atoms with E-state index in [9.17, 15) is 0 Å². The van der Waals surface area contributed by atoms with Gasteiger partial charge < -0.3 is 4.90 Å². The van der Waals surface area contributed by atoms with Crippen LogP contribution in [0.2, 0.25) is 0 Å². The van der Waals surface area contributed by atoms with E-state index < -0.39 is 0 Å². The molecule has 8 rings (SSSR count). The Bertz CT molecular complexity index is 2120. The van der Waals surface area contributed by atoms with Gasteiger partial charge in [0, 0.05) is 16.2 Å². The first-order valence-electron chi connectivity index (χ1n) is 19.3. The average Bonchev–Trinajstić information content (AvgIpc) is 3.06. The molecule has 0 aliphatic carbocycles. The standard InChI is InChI=1S/C50H57N/c1-14-15-30-16-18-31(19-17-30)32-20-22-33(23-21-32)34-24-37-43-38(25-34)49(10,11)40-27-36(47(5,6)7)29-42-45(40)51(43)44-39(48(37,8)9)26-35(46(2,3)4)28-41(44)50(42,12)13/h16-29H,14-15H2,1-13H3. The maximum absolute atomic E-state index is 2.72. The van der Waals surface area contributed by atoms with Crippen LogP contribution in [-0.4, -0.2) is 0 Å². The van der Waals surface area contributed by atoms with Crippen LogP contribution in [0.1, 0.15) is 147 Å². The Morgan fingerprint density at radius 1 is 0.431 bits per heavy atom. The van der Waals surface area contributed by atoms with Crippen molar-refractivity contribution in [2.75, 3.05) is 4.90 Å². The third kappa shape index (κ3) is 4.86. The summed E-state index contributed by atoms with van der Waals surface area (Å²) in [7, 11) is 0. The molecule has 0 N–H and O–H groups in total. The van der Waals surface area contributed by atoms with Crippen molar-refractivity contribution >= 4 is 17.1 Å². The molecule has 0 aromatic heterocycles. The van der Waals surface area contributed by atoms with E-state index in [1.165, 1.54) is 95.8 Å². The molecule has 0 unspecified atom stereocenters. The summed E-state index contributed by atoms with van der Waals surface area (Å²) < 4.78 is 0. The van der Waals surface area contributed by atoms with Crippen molar-refractivity contribution in [2.24, 2.45) is 0 Å². The molecule has 0 radical (unpaired) electrons. The van der Waals surface area contributed by atoms with E-state index in [0.29, 0.717) is 0 Å². The second kappa shape index (κ2) is 10.7. The predicted octanol–water partition coefficient (Wildman–Crippen LogP) is 14.0. The molecule has 0 saturated carbocycles. The third-order valence-electron chi connectivity index (χ3n) is 12.8. The van der Waals surface area contributed by atoms with Gasteiger partial charge >= 0.3 is 0 Å². The van der Waals surface area contributed by atoms with E-state index >= 15 is 0 Å². The summed E-state index contributed by atoms with van der Waals surface area (Å²) in [6.07, 6.45) is 2.31. The predicted molar refractivity (Wildman–Crippen MR) is 220 cm³/mol. The highest BCUT2D eigenvalue weighted by Gasteiger charge is 2.52. The van der Waals surface area contributed by atoms with Gasteiger partial charge in [-0.2, -0.15) is 0 Å². The molecule has 0 spiro atoms. The van der Waals surface area contributed by atoms with Crippen LogP contribution in [-0.2, 0) is 33.5 Å². The van der Waals surface area contributed by atoms with Crippen molar-refractivity contribution in [2.45, 2.75) is 130 Å². The molecule has 3 aliphatic heterocycles.